The summed E-state index contributed by atoms with van der Waals surface area (Å²) in [6.45, 7) is 9.71. The van der Waals surface area contributed by atoms with Gasteiger partial charge in [-0.05, 0) is 46.2 Å². The van der Waals surface area contributed by atoms with E-state index in [9.17, 15) is 0 Å². The molecule has 0 aromatic rings. The molecule has 1 aliphatic heterocycles. The lowest BCUT2D eigenvalue weighted by Crippen LogP contribution is -2.49. The fourth-order valence-corrected chi connectivity index (χ4v) is 3.97. The van der Waals surface area contributed by atoms with Crippen molar-refractivity contribution >= 4 is 0 Å². The molecule has 1 aliphatic carbocycles. The molecule has 0 radical (unpaired) electrons. The molecule has 3 nitrogen and oxygen atoms in total. The van der Waals surface area contributed by atoms with E-state index < -0.39 is 0 Å². The summed E-state index contributed by atoms with van der Waals surface area (Å²) in [6.07, 6.45) is 9.69. The Labute approximate surface area is 126 Å². The minimum absolute atomic E-state index is 0.674. The van der Waals surface area contributed by atoms with E-state index in [0.717, 1.165) is 12.1 Å². The van der Waals surface area contributed by atoms with Crippen LogP contribution in [0.5, 0.6) is 0 Å². The van der Waals surface area contributed by atoms with Gasteiger partial charge < -0.3 is 10.2 Å². The van der Waals surface area contributed by atoms with Gasteiger partial charge in [-0.25, -0.2) is 0 Å². The van der Waals surface area contributed by atoms with Crippen LogP contribution in [0.4, 0.5) is 0 Å². The van der Waals surface area contributed by atoms with Crippen LogP contribution in [0.15, 0.2) is 0 Å². The molecule has 2 atom stereocenters. The fourth-order valence-electron chi connectivity index (χ4n) is 3.97. The van der Waals surface area contributed by atoms with E-state index in [2.05, 4.69) is 36.0 Å². The molecule has 20 heavy (non-hydrogen) atoms. The minimum atomic E-state index is 0.674. The van der Waals surface area contributed by atoms with E-state index in [1.807, 2.05) is 0 Å². The molecule has 0 aromatic carbocycles. The topological polar surface area (TPSA) is 18.5 Å². The van der Waals surface area contributed by atoms with Crippen molar-refractivity contribution in [3.63, 3.8) is 0 Å². The zero-order valence-corrected chi connectivity index (χ0v) is 13.9. The lowest BCUT2D eigenvalue weighted by Gasteiger charge is -2.36. The predicted molar refractivity (Wildman–Crippen MR) is 87.2 cm³/mol. The van der Waals surface area contributed by atoms with Gasteiger partial charge in [0.05, 0.1) is 0 Å². The number of hydrogen-bond acceptors (Lipinski definition) is 3. The maximum atomic E-state index is 3.84. The number of nitrogens with one attached hydrogen (secondary N) is 1. The highest BCUT2D eigenvalue weighted by Gasteiger charge is 2.26. The van der Waals surface area contributed by atoms with E-state index in [0.29, 0.717) is 6.04 Å². The van der Waals surface area contributed by atoms with Crippen LogP contribution in [0.2, 0.25) is 0 Å². The molecular formula is C17H35N3. The van der Waals surface area contributed by atoms with Crippen LogP contribution in [-0.4, -0.2) is 61.2 Å². The van der Waals surface area contributed by atoms with Gasteiger partial charge in [0.2, 0.25) is 0 Å². The second-order valence-corrected chi connectivity index (χ2v) is 7.01. The predicted octanol–water partition coefficient (Wildman–Crippen LogP) is 2.71. The smallest absolute Gasteiger partial charge is 0.0223 e. The molecule has 1 saturated carbocycles. The molecule has 2 fully saturated rings. The number of rotatable bonds is 5. The van der Waals surface area contributed by atoms with Gasteiger partial charge >= 0.3 is 0 Å². The highest BCUT2D eigenvalue weighted by molar-refractivity contribution is 4.83. The van der Waals surface area contributed by atoms with Crippen molar-refractivity contribution in [2.45, 2.75) is 76.9 Å². The van der Waals surface area contributed by atoms with Crippen LogP contribution in [0.3, 0.4) is 0 Å². The Balaban J connectivity index is 1.80. The van der Waals surface area contributed by atoms with Crippen LogP contribution in [0.25, 0.3) is 0 Å². The van der Waals surface area contributed by atoms with Gasteiger partial charge in [0, 0.05) is 37.8 Å². The lowest BCUT2D eigenvalue weighted by atomic mass is 9.95. The third-order valence-electron chi connectivity index (χ3n) is 5.29. The second-order valence-electron chi connectivity index (χ2n) is 7.01. The second kappa shape index (κ2) is 8.35. The van der Waals surface area contributed by atoms with Gasteiger partial charge in [0.15, 0.2) is 0 Å². The summed E-state index contributed by atoms with van der Waals surface area (Å²) in [7, 11) is 2.27. The van der Waals surface area contributed by atoms with E-state index in [1.165, 1.54) is 71.1 Å². The summed E-state index contributed by atoms with van der Waals surface area (Å²) < 4.78 is 0. The fraction of sp³-hybridized carbons (Fsp3) is 1.00. The SMILES string of the molecule is CCC1CN(C)CCCN1C(C)CNC1CCCCC1. The summed E-state index contributed by atoms with van der Waals surface area (Å²) in [5, 5.41) is 3.84. The molecule has 2 aliphatic rings. The Morgan fingerprint density at radius 3 is 2.55 bits per heavy atom. The average molecular weight is 281 g/mol. The van der Waals surface area contributed by atoms with Gasteiger partial charge in [-0.3, -0.25) is 4.90 Å². The Morgan fingerprint density at radius 2 is 1.85 bits per heavy atom. The monoisotopic (exact) mass is 281 g/mol. The van der Waals surface area contributed by atoms with Crippen molar-refractivity contribution in [3.8, 4) is 0 Å². The summed E-state index contributed by atoms with van der Waals surface area (Å²) in [6, 6.07) is 2.21. The first-order valence-corrected chi connectivity index (χ1v) is 8.88. The quantitative estimate of drug-likeness (QED) is 0.836. The zero-order chi connectivity index (χ0) is 14.4. The first-order chi connectivity index (χ1) is 9.70. The number of hydrogen-bond donors (Lipinski definition) is 1. The molecule has 1 saturated heterocycles. The van der Waals surface area contributed by atoms with Gasteiger partial charge in [-0.15, -0.1) is 0 Å². The first-order valence-electron chi connectivity index (χ1n) is 8.88. The van der Waals surface area contributed by atoms with Crippen molar-refractivity contribution in [2.24, 2.45) is 0 Å². The third kappa shape index (κ3) is 4.71. The van der Waals surface area contributed by atoms with Crippen LogP contribution >= 0.6 is 0 Å². The van der Waals surface area contributed by atoms with E-state index >= 15 is 0 Å². The molecule has 0 aromatic heterocycles. The summed E-state index contributed by atoms with van der Waals surface area (Å²) >= 11 is 0. The van der Waals surface area contributed by atoms with Crippen LogP contribution in [0, 0.1) is 0 Å². The van der Waals surface area contributed by atoms with Crippen molar-refractivity contribution in [1.29, 1.82) is 0 Å². The van der Waals surface area contributed by atoms with Crippen molar-refractivity contribution in [3.05, 3.63) is 0 Å². The molecule has 118 valence electrons. The molecule has 0 amide bonds. The van der Waals surface area contributed by atoms with Gasteiger partial charge in [-0.2, -0.15) is 0 Å². The first kappa shape index (κ1) is 16.3. The summed E-state index contributed by atoms with van der Waals surface area (Å²) in [4.78, 5) is 5.27. The minimum Gasteiger partial charge on any atom is -0.312 e. The highest BCUT2D eigenvalue weighted by Crippen LogP contribution is 2.19. The molecular weight excluding hydrogens is 246 g/mol. The molecule has 3 heteroatoms. The maximum Gasteiger partial charge on any atom is 0.0223 e. The van der Waals surface area contributed by atoms with Crippen LogP contribution < -0.4 is 5.32 Å². The molecule has 2 rings (SSSR count). The van der Waals surface area contributed by atoms with Crippen LogP contribution in [0.1, 0.15) is 58.8 Å². The molecule has 0 bridgehead atoms. The van der Waals surface area contributed by atoms with Crippen molar-refractivity contribution in [2.75, 3.05) is 33.2 Å². The van der Waals surface area contributed by atoms with E-state index in [1.54, 1.807) is 0 Å². The zero-order valence-electron chi connectivity index (χ0n) is 13.9. The van der Waals surface area contributed by atoms with E-state index in [-0.39, 0.29) is 0 Å². The Kier molecular flexibility index (Phi) is 6.79. The summed E-state index contributed by atoms with van der Waals surface area (Å²) in [5.74, 6) is 0. The average Bonchev–Trinajstić information content (AvgIpc) is 2.67. The van der Waals surface area contributed by atoms with Crippen LogP contribution in [-0.2, 0) is 0 Å². The van der Waals surface area contributed by atoms with Gasteiger partial charge in [-0.1, -0.05) is 26.2 Å². The summed E-state index contributed by atoms with van der Waals surface area (Å²) in [5.41, 5.74) is 0. The Bertz CT molecular complexity index is 263. The number of likely N-dealkylation sites (N-methyl/N-ethyl adjacent to an activating group) is 1. The molecule has 2 unspecified atom stereocenters. The van der Waals surface area contributed by atoms with Crippen molar-refractivity contribution < 1.29 is 0 Å². The molecule has 1 heterocycles. The largest absolute Gasteiger partial charge is 0.312 e. The highest BCUT2D eigenvalue weighted by atomic mass is 15.3. The lowest BCUT2D eigenvalue weighted by molar-refractivity contribution is 0.131. The van der Waals surface area contributed by atoms with Gasteiger partial charge in [0.1, 0.15) is 0 Å². The van der Waals surface area contributed by atoms with Gasteiger partial charge in [0.25, 0.3) is 0 Å². The Hall–Kier alpha value is -0.120. The molecule has 0 spiro atoms. The molecule has 1 N–H and O–H groups in total. The van der Waals surface area contributed by atoms with E-state index in [4.69, 9.17) is 0 Å². The standard InChI is InChI=1S/C17H35N3/c1-4-17-14-19(3)11-8-12-20(17)15(2)13-18-16-9-6-5-7-10-16/h15-18H,4-14H2,1-3H3. The maximum absolute atomic E-state index is 3.84. The normalized spacial score (nSPS) is 29.2. The number of nitrogens with zero attached hydrogens (tertiary/aromatic N) is 2. The Morgan fingerprint density at radius 1 is 1.10 bits per heavy atom. The third-order valence-corrected chi connectivity index (χ3v) is 5.29. The van der Waals surface area contributed by atoms with Crippen molar-refractivity contribution in [1.82, 2.24) is 15.1 Å².